The van der Waals surface area contributed by atoms with E-state index < -0.39 is 0 Å². The average Bonchev–Trinajstić information content (AvgIpc) is 2.26. The summed E-state index contributed by atoms with van der Waals surface area (Å²) in [6.07, 6.45) is 5.23. The maximum Gasteiger partial charge on any atom is 0.0322 e. The Hall–Kier alpha value is -0.530. The van der Waals surface area contributed by atoms with E-state index in [0.29, 0.717) is 11.8 Å². The lowest BCUT2D eigenvalue weighted by atomic mass is 9.84. The van der Waals surface area contributed by atoms with Crippen LogP contribution < -0.4 is 0 Å². The molecule has 0 aromatic rings. The van der Waals surface area contributed by atoms with Crippen molar-refractivity contribution >= 4 is 11.8 Å². The SMILES string of the molecule is CC#C[C@@H]1CC[C@H]2S[C@@H]1CC[C@H]2C#CC. The van der Waals surface area contributed by atoms with E-state index in [1.54, 1.807) is 0 Å². The molecule has 0 amide bonds. The van der Waals surface area contributed by atoms with Crippen molar-refractivity contribution in [3.63, 3.8) is 0 Å². The van der Waals surface area contributed by atoms with E-state index in [0.717, 1.165) is 10.5 Å². The molecule has 0 spiro atoms. The molecule has 0 radical (unpaired) electrons. The lowest BCUT2D eigenvalue weighted by Gasteiger charge is -2.40. The van der Waals surface area contributed by atoms with Crippen LogP contribution in [0.3, 0.4) is 0 Å². The predicted molar refractivity (Wildman–Crippen MR) is 67.5 cm³/mol. The second-order valence-electron chi connectivity index (χ2n) is 4.37. The standard InChI is InChI=1S/C14H18S/c1-3-5-11-7-9-14-12(6-4-2)8-10-13(11)15-14/h11-14H,7-10H2,1-2H3/t11-,12-,13-,14-/m1/s1. The van der Waals surface area contributed by atoms with Gasteiger partial charge in [0.05, 0.1) is 0 Å². The van der Waals surface area contributed by atoms with Crippen LogP contribution in [-0.4, -0.2) is 10.5 Å². The Kier molecular flexibility index (Phi) is 3.66. The molecule has 0 saturated carbocycles. The lowest BCUT2D eigenvalue weighted by Crippen LogP contribution is -2.35. The van der Waals surface area contributed by atoms with Crippen molar-refractivity contribution in [1.29, 1.82) is 0 Å². The molecule has 0 N–H and O–H groups in total. The number of thioether (sulfide) groups is 1. The largest absolute Gasteiger partial charge is 0.153 e. The van der Waals surface area contributed by atoms with Crippen LogP contribution in [0.5, 0.6) is 0 Å². The first-order valence-corrected chi connectivity index (χ1v) is 6.79. The lowest BCUT2D eigenvalue weighted by molar-refractivity contribution is 0.390. The fourth-order valence-electron chi connectivity index (χ4n) is 2.71. The Balaban J connectivity index is 2.03. The number of fused-ring (bicyclic) bond motifs is 2. The van der Waals surface area contributed by atoms with Crippen LogP contribution in [0.2, 0.25) is 0 Å². The molecule has 2 aliphatic rings. The first-order chi connectivity index (χ1) is 7.35. The molecule has 2 fully saturated rings. The zero-order valence-corrected chi connectivity index (χ0v) is 10.4. The van der Waals surface area contributed by atoms with E-state index in [4.69, 9.17) is 0 Å². The van der Waals surface area contributed by atoms with Gasteiger partial charge in [0.25, 0.3) is 0 Å². The summed E-state index contributed by atoms with van der Waals surface area (Å²) in [6.45, 7) is 3.93. The summed E-state index contributed by atoms with van der Waals surface area (Å²) in [5, 5.41) is 1.59. The zero-order valence-electron chi connectivity index (χ0n) is 9.55. The van der Waals surface area contributed by atoms with Gasteiger partial charge in [0, 0.05) is 22.3 Å². The van der Waals surface area contributed by atoms with Crippen molar-refractivity contribution in [2.45, 2.75) is 50.0 Å². The molecular formula is C14H18S. The van der Waals surface area contributed by atoms with Gasteiger partial charge < -0.3 is 0 Å². The first kappa shape index (κ1) is 11.0. The monoisotopic (exact) mass is 218 g/mol. The molecule has 0 aromatic heterocycles. The Labute approximate surface area is 97.6 Å². The molecule has 80 valence electrons. The highest BCUT2D eigenvalue weighted by molar-refractivity contribution is 8.00. The number of hydrogen-bond acceptors (Lipinski definition) is 1. The molecule has 2 heterocycles. The second kappa shape index (κ2) is 5.00. The summed E-state index contributed by atoms with van der Waals surface area (Å²) >= 11 is 2.16. The third-order valence-electron chi connectivity index (χ3n) is 3.43. The predicted octanol–water partition coefficient (Wildman–Crippen LogP) is 3.32. The van der Waals surface area contributed by atoms with Gasteiger partial charge in [-0.15, -0.1) is 11.8 Å². The van der Waals surface area contributed by atoms with Crippen LogP contribution in [0.25, 0.3) is 0 Å². The highest BCUT2D eigenvalue weighted by Gasteiger charge is 2.37. The summed E-state index contributed by atoms with van der Waals surface area (Å²) in [7, 11) is 0. The molecular weight excluding hydrogens is 200 g/mol. The van der Waals surface area contributed by atoms with Gasteiger partial charge in [0.15, 0.2) is 0 Å². The van der Waals surface area contributed by atoms with Crippen LogP contribution in [0, 0.1) is 35.5 Å². The van der Waals surface area contributed by atoms with E-state index in [1.807, 2.05) is 13.8 Å². The fraction of sp³-hybridized carbons (Fsp3) is 0.714. The Morgan fingerprint density at radius 2 is 1.27 bits per heavy atom. The van der Waals surface area contributed by atoms with Gasteiger partial charge in [-0.25, -0.2) is 0 Å². The van der Waals surface area contributed by atoms with E-state index in [-0.39, 0.29) is 0 Å². The number of hydrogen-bond donors (Lipinski definition) is 0. The minimum atomic E-state index is 0.659. The summed E-state index contributed by atoms with van der Waals surface area (Å²) < 4.78 is 0. The van der Waals surface area contributed by atoms with Gasteiger partial charge in [0.1, 0.15) is 0 Å². The minimum absolute atomic E-state index is 0.659. The highest BCUT2D eigenvalue weighted by Crippen LogP contribution is 2.46. The molecule has 15 heavy (non-hydrogen) atoms. The van der Waals surface area contributed by atoms with Crippen molar-refractivity contribution < 1.29 is 0 Å². The molecule has 2 saturated heterocycles. The molecule has 2 aliphatic heterocycles. The Morgan fingerprint density at radius 1 is 0.800 bits per heavy atom. The summed E-state index contributed by atoms with van der Waals surface area (Å²) in [5.74, 6) is 14.2. The van der Waals surface area contributed by atoms with Crippen molar-refractivity contribution in [3.8, 4) is 23.7 Å². The maximum atomic E-state index is 3.38. The number of rotatable bonds is 0. The fourth-order valence-corrected chi connectivity index (χ4v) is 4.49. The Bertz CT molecular complexity index is 302. The van der Waals surface area contributed by atoms with Gasteiger partial charge in [-0.3, -0.25) is 0 Å². The summed E-state index contributed by atoms with van der Waals surface area (Å²) in [6, 6.07) is 0. The molecule has 1 heteroatoms. The normalized spacial score (nSPS) is 38.3. The topological polar surface area (TPSA) is 0 Å². The van der Waals surface area contributed by atoms with Crippen LogP contribution in [0.15, 0.2) is 0 Å². The van der Waals surface area contributed by atoms with Crippen molar-refractivity contribution in [1.82, 2.24) is 0 Å². The van der Waals surface area contributed by atoms with Gasteiger partial charge in [-0.2, -0.15) is 11.8 Å². The molecule has 0 nitrogen and oxygen atoms in total. The van der Waals surface area contributed by atoms with E-state index in [2.05, 4.69) is 35.4 Å². The quantitative estimate of drug-likeness (QED) is 0.562. The second-order valence-corrected chi connectivity index (χ2v) is 5.85. The van der Waals surface area contributed by atoms with Crippen molar-refractivity contribution in [2.75, 3.05) is 0 Å². The summed E-state index contributed by atoms with van der Waals surface area (Å²) in [4.78, 5) is 0. The molecule has 4 atom stereocenters. The third kappa shape index (κ3) is 2.35. The molecule has 2 rings (SSSR count). The van der Waals surface area contributed by atoms with Crippen molar-refractivity contribution in [3.05, 3.63) is 0 Å². The van der Waals surface area contributed by atoms with Gasteiger partial charge in [0.2, 0.25) is 0 Å². The van der Waals surface area contributed by atoms with Gasteiger partial charge in [-0.05, 0) is 39.5 Å². The minimum Gasteiger partial charge on any atom is -0.153 e. The van der Waals surface area contributed by atoms with Gasteiger partial charge in [-0.1, -0.05) is 11.8 Å². The van der Waals surface area contributed by atoms with E-state index in [9.17, 15) is 0 Å². The average molecular weight is 218 g/mol. The van der Waals surface area contributed by atoms with Gasteiger partial charge >= 0.3 is 0 Å². The van der Waals surface area contributed by atoms with E-state index in [1.165, 1.54) is 25.7 Å². The molecule has 0 aliphatic carbocycles. The summed E-state index contributed by atoms with van der Waals surface area (Å²) in [5.41, 5.74) is 0. The van der Waals surface area contributed by atoms with Crippen molar-refractivity contribution in [2.24, 2.45) is 11.8 Å². The third-order valence-corrected chi connectivity index (χ3v) is 5.26. The van der Waals surface area contributed by atoms with Crippen LogP contribution in [0.1, 0.15) is 39.5 Å². The highest BCUT2D eigenvalue weighted by atomic mass is 32.2. The smallest absolute Gasteiger partial charge is 0.0322 e. The van der Waals surface area contributed by atoms with Crippen LogP contribution in [0.4, 0.5) is 0 Å². The van der Waals surface area contributed by atoms with E-state index >= 15 is 0 Å². The maximum absolute atomic E-state index is 3.38. The molecule has 2 bridgehead atoms. The Morgan fingerprint density at radius 3 is 1.67 bits per heavy atom. The van der Waals surface area contributed by atoms with Crippen LogP contribution >= 0.6 is 11.8 Å². The zero-order chi connectivity index (χ0) is 10.7. The first-order valence-electron chi connectivity index (χ1n) is 5.85. The molecule has 0 unspecified atom stereocenters. The molecule has 0 aromatic carbocycles. The van der Waals surface area contributed by atoms with Crippen LogP contribution in [-0.2, 0) is 0 Å².